The fourth-order valence-corrected chi connectivity index (χ4v) is 2.60. The molecule has 68 valence electrons. The van der Waals surface area contributed by atoms with Crippen molar-refractivity contribution in [3.05, 3.63) is 28.9 Å². The maximum Gasteiger partial charge on any atom is 0.182 e. The van der Waals surface area contributed by atoms with Gasteiger partial charge in [0.1, 0.15) is 0 Å². The van der Waals surface area contributed by atoms with E-state index >= 15 is 0 Å². The minimum absolute atomic E-state index is 0.190. The zero-order valence-corrected chi connectivity index (χ0v) is 8.25. The summed E-state index contributed by atoms with van der Waals surface area (Å²) in [5.41, 5.74) is 6.85. The van der Waals surface area contributed by atoms with E-state index in [1.54, 1.807) is 12.1 Å². The van der Waals surface area contributed by atoms with Crippen LogP contribution < -0.4 is 5.73 Å². The van der Waals surface area contributed by atoms with Crippen LogP contribution in [-0.2, 0) is 5.88 Å². The molecule has 0 unspecified atom stereocenters. The number of benzene rings is 1. The summed E-state index contributed by atoms with van der Waals surface area (Å²) in [5, 5.41) is 0.598. The van der Waals surface area contributed by atoms with Gasteiger partial charge in [-0.05, 0) is 6.07 Å². The standard InChI is InChI=1S/C9H7ClFNS/c10-4-6-5-2-1-3-7(12)8(5)13-9(6)11/h1-3H,4,12H2. The van der Waals surface area contributed by atoms with Gasteiger partial charge in [0.25, 0.3) is 0 Å². The molecule has 0 spiro atoms. The molecule has 13 heavy (non-hydrogen) atoms. The van der Waals surface area contributed by atoms with Crippen molar-refractivity contribution in [2.24, 2.45) is 0 Å². The van der Waals surface area contributed by atoms with Gasteiger partial charge in [0.2, 0.25) is 0 Å². The fraction of sp³-hybridized carbons (Fsp3) is 0.111. The van der Waals surface area contributed by atoms with Crippen molar-refractivity contribution in [3.63, 3.8) is 0 Å². The third-order valence-corrected chi connectivity index (χ3v) is 3.29. The lowest BCUT2D eigenvalue weighted by Gasteiger charge is -1.95. The summed E-state index contributed by atoms with van der Waals surface area (Å²) in [7, 11) is 0. The molecule has 1 aromatic heterocycles. The fourth-order valence-electron chi connectivity index (χ4n) is 1.29. The Bertz CT molecular complexity index is 452. The number of thiophene rings is 1. The molecule has 0 aliphatic heterocycles. The van der Waals surface area contributed by atoms with Crippen LogP contribution in [0.5, 0.6) is 0 Å². The lowest BCUT2D eigenvalue weighted by molar-refractivity contribution is 0.648. The lowest BCUT2D eigenvalue weighted by Crippen LogP contribution is -1.83. The van der Waals surface area contributed by atoms with Crippen LogP contribution in [-0.4, -0.2) is 0 Å². The number of rotatable bonds is 1. The summed E-state index contributed by atoms with van der Waals surface area (Å²) in [6, 6.07) is 5.40. The molecule has 0 fully saturated rings. The minimum Gasteiger partial charge on any atom is -0.398 e. The van der Waals surface area contributed by atoms with Crippen LogP contribution in [0.2, 0.25) is 0 Å². The van der Waals surface area contributed by atoms with Crippen molar-refractivity contribution in [3.8, 4) is 0 Å². The molecule has 0 radical (unpaired) electrons. The summed E-state index contributed by atoms with van der Waals surface area (Å²) in [6.07, 6.45) is 0. The van der Waals surface area contributed by atoms with Crippen molar-refractivity contribution in [2.75, 3.05) is 5.73 Å². The van der Waals surface area contributed by atoms with Crippen LogP contribution in [0.3, 0.4) is 0 Å². The highest BCUT2D eigenvalue weighted by molar-refractivity contribution is 7.18. The van der Waals surface area contributed by atoms with E-state index in [1.807, 2.05) is 6.07 Å². The van der Waals surface area contributed by atoms with E-state index in [9.17, 15) is 4.39 Å². The number of hydrogen-bond donors (Lipinski definition) is 1. The third kappa shape index (κ3) is 1.28. The highest BCUT2D eigenvalue weighted by Gasteiger charge is 2.11. The van der Waals surface area contributed by atoms with Gasteiger partial charge in [-0.3, -0.25) is 0 Å². The molecule has 0 saturated carbocycles. The first-order valence-electron chi connectivity index (χ1n) is 3.75. The molecule has 4 heteroatoms. The van der Waals surface area contributed by atoms with Crippen molar-refractivity contribution in [1.82, 2.24) is 0 Å². The summed E-state index contributed by atoms with van der Waals surface area (Å²) in [4.78, 5) is 0. The molecular weight excluding hydrogens is 209 g/mol. The van der Waals surface area contributed by atoms with Gasteiger partial charge in [0, 0.05) is 16.6 Å². The molecule has 2 N–H and O–H groups in total. The third-order valence-electron chi connectivity index (χ3n) is 1.93. The van der Waals surface area contributed by atoms with Crippen molar-refractivity contribution < 1.29 is 4.39 Å². The number of fused-ring (bicyclic) bond motifs is 1. The number of hydrogen-bond acceptors (Lipinski definition) is 2. The van der Waals surface area contributed by atoms with Gasteiger partial charge in [0.15, 0.2) is 5.13 Å². The second kappa shape index (κ2) is 3.16. The monoisotopic (exact) mass is 215 g/mol. The zero-order valence-electron chi connectivity index (χ0n) is 6.68. The number of alkyl halides is 1. The molecule has 2 rings (SSSR count). The van der Waals surface area contributed by atoms with Crippen molar-refractivity contribution in [2.45, 2.75) is 5.88 Å². The van der Waals surface area contributed by atoms with Crippen molar-refractivity contribution in [1.29, 1.82) is 0 Å². The van der Waals surface area contributed by atoms with E-state index in [1.165, 1.54) is 0 Å². The van der Waals surface area contributed by atoms with E-state index in [4.69, 9.17) is 17.3 Å². The quantitative estimate of drug-likeness (QED) is 0.573. The molecule has 2 aromatic rings. The average Bonchev–Trinajstić information content (AvgIpc) is 2.43. The molecule has 0 atom stereocenters. The molecule has 0 bridgehead atoms. The van der Waals surface area contributed by atoms with E-state index in [-0.39, 0.29) is 11.0 Å². The van der Waals surface area contributed by atoms with Crippen LogP contribution in [0.25, 0.3) is 10.1 Å². The predicted molar refractivity (Wildman–Crippen MR) is 55.8 cm³/mol. The molecule has 0 saturated heterocycles. The van der Waals surface area contributed by atoms with E-state index in [0.717, 1.165) is 21.4 Å². The molecule has 1 aromatic carbocycles. The smallest absolute Gasteiger partial charge is 0.182 e. The van der Waals surface area contributed by atoms with Crippen LogP contribution >= 0.6 is 22.9 Å². The van der Waals surface area contributed by atoms with Crippen molar-refractivity contribution >= 4 is 38.7 Å². The first-order valence-corrected chi connectivity index (χ1v) is 5.10. The Labute approximate surface area is 83.9 Å². The maximum absolute atomic E-state index is 13.3. The molecule has 1 heterocycles. The van der Waals surface area contributed by atoms with Gasteiger partial charge in [-0.25, -0.2) is 0 Å². The van der Waals surface area contributed by atoms with Gasteiger partial charge < -0.3 is 5.73 Å². The Morgan fingerprint density at radius 3 is 2.92 bits per heavy atom. The maximum atomic E-state index is 13.3. The second-order valence-electron chi connectivity index (χ2n) is 2.71. The normalized spacial score (nSPS) is 10.9. The summed E-state index contributed by atoms with van der Waals surface area (Å²) in [5.74, 6) is 0.190. The van der Waals surface area contributed by atoms with Gasteiger partial charge in [-0.15, -0.1) is 22.9 Å². The van der Waals surface area contributed by atoms with Crippen LogP contribution in [0.1, 0.15) is 5.56 Å². The molecule has 0 aliphatic carbocycles. The number of nitrogen functional groups attached to an aromatic ring is 1. The minimum atomic E-state index is -0.233. The topological polar surface area (TPSA) is 26.0 Å². The van der Waals surface area contributed by atoms with E-state index < -0.39 is 0 Å². The van der Waals surface area contributed by atoms with Crippen LogP contribution in [0, 0.1) is 5.13 Å². The summed E-state index contributed by atoms with van der Waals surface area (Å²) < 4.78 is 14.1. The van der Waals surface area contributed by atoms with Crippen LogP contribution in [0.4, 0.5) is 10.1 Å². The Morgan fingerprint density at radius 1 is 1.46 bits per heavy atom. The SMILES string of the molecule is Nc1cccc2c(CCl)c(F)sc12. The summed E-state index contributed by atoms with van der Waals surface area (Å²) >= 11 is 6.68. The average molecular weight is 216 g/mol. The molecular formula is C9H7ClFNS. The predicted octanol–water partition coefficient (Wildman–Crippen LogP) is 3.36. The first kappa shape index (κ1) is 8.78. The number of halogens is 2. The largest absolute Gasteiger partial charge is 0.398 e. The molecule has 1 nitrogen and oxygen atoms in total. The van der Waals surface area contributed by atoms with Gasteiger partial charge in [-0.1, -0.05) is 12.1 Å². The van der Waals surface area contributed by atoms with Gasteiger partial charge in [0.05, 0.1) is 10.6 Å². The molecule has 0 amide bonds. The molecule has 0 aliphatic rings. The first-order chi connectivity index (χ1) is 6.24. The Kier molecular flexibility index (Phi) is 2.14. The number of nitrogens with two attached hydrogens (primary N) is 1. The highest BCUT2D eigenvalue weighted by atomic mass is 35.5. The lowest BCUT2D eigenvalue weighted by atomic mass is 10.2. The Balaban J connectivity index is 2.86. The Morgan fingerprint density at radius 2 is 2.23 bits per heavy atom. The van der Waals surface area contributed by atoms with Crippen LogP contribution in [0.15, 0.2) is 18.2 Å². The van der Waals surface area contributed by atoms with Gasteiger partial charge in [-0.2, -0.15) is 4.39 Å². The summed E-state index contributed by atoms with van der Waals surface area (Å²) in [6.45, 7) is 0. The Hall–Kier alpha value is -0.800. The second-order valence-corrected chi connectivity index (χ2v) is 3.95. The van der Waals surface area contributed by atoms with Gasteiger partial charge >= 0.3 is 0 Å². The number of anilines is 1. The zero-order chi connectivity index (χ0) is 9.42. The van der Waals surface area contributed by atoms with E-state index in [0.29, 0.717) is 11.3 Å². The van der Waals surface area contributed by atoms with E-state index in [2.05, 4.69) is 0 Å². The highest BCUT2D eigenvalue weighted by Crippen LogP contribution is 2.34.